The summed E-state index contributed by atoms with van der Waals surface area (Å²) in [7, 11) is 0. The second kappa shape index (κ2) is 7.06. The first-order valence-electron chi connectivity index (χ1n) is 8.10. The first-order chi connectivity index (χ1) is 11.2. The van der Waals surface area contributed by atoms with E-state index in [1.807, 2.05) is 6.08 Å². The van der Waals surface area contributed by atoms with Crippen LogP contribution in [0, 0.1) is 5.92 Å². The van der Waals surface area contributed by atoms with Gasteiger partial charge in [-0.3, -0.25) is 0 Å². The van der Waals surface area contributed by atoms with Crippen LogP contribution in [0.3, 0.4) is 0 Å². The predicted octanol–water partition coefficient (Wildman–Crippen LogP) is 4.47. The summed E-state index contributed by atoms with van der Waals surface area (Å²) in [5, 5.41) is 2.59. The molecule has 0 saturated heterocycles. The Hall–Kier alpha value is -1.99. The molecule has 2 aliphatic carbocycles. The van der Waals surface area contributed by atoms with Crippen molar-refractivity contribution in [2.75, 3.05) is 0 Å². The van der Waals surface area contributed by atoms with E-state index >= 15 is 0 Å². The summed E-state index contributed by atoms with van der Waals surface area (Å²) < 4.78 is 0. The summed E-state index contributed by atoms with van der Waals surface area (Å²) in [6, 6.07) is 8.59. The van der Waals surface area contributed by atoms with Crippen molar-refractivity contribution in [3.05, 3.63) is 95.0 Å². The van der Waals surface area contributed by atoms with Gasteiger partial charge in [0.15, 0.2) is 0 Å². The van der Waals surface area contributed by atoms with Crippen molar-refractivity contribution in [3.8, 4) is 0 Å². The minimum absolute atomic E-state index is 0.293. The summed E-state index contributed by atoms with van der Waals surface area (Å²) in [4.78, 5) is 1.19. The molecule has 0 heterocycles. The van der Waals surface area contributed by atoms with E-state index in [1.54, 1.807) is 0 Å². The molecule has 0 spiro atoms. The van der Waals surface area contributed by atoms with Crippen LogP contribution in [0.25, 0.3) is 10.5 Å². The highest BCUT2D eigenvalue weighted by atomic mass is 32.1. The molecule has 0 saturated carbocycles. The Morgan fingerprint density at radius 2 is 1.96 bits per heavy atom. The largest absolute Gasteiger partial charge is 0.147 e. The Morgan fingerprint density at radius 1 is 1.17 bits per heavy atom. The van der Waals surface area contributed by atoms with Crippen LogP contribution in [0.4, 0.5) is 0 Å². The molecular formula is C22H22S. The lowest BCUT2D eigenvalue weighted by atomic mass is 9.88. The molecule has 0 bridgehead atoms. The third-order valence-electron chi connectivity index (χ3n) is 4.51. The molecule has 1 aromatic rings. The number of rotatable bonds is 3. The molecule has 0 amide bonds. The lowest BCUT2D eigenvalue weighted by molar-refractivity contribution is 0.993. The van der Waals surface area contributed by atoms with E-state index in [0.29, 0.717) is 5.92 Å². The summed E-state index contributed by atoms with van der Waals surface area (Å²) >= 11 is 4.67. The maximum atomic E-state index is 4.67. The summed E-state index contributed by atoms with van der Waals surface area (Å²) in [5.41, 5.74) is 4.01. The van der Waals surface area contributed by atoms with Crippen LogP contribution in [-0.4, -0.2) is 0 Å². The van der Waals surface area contributed by atoms with Crippen LogP contribution in [0.5, 0.6) is 0 Å². The Kier molecular flexibility index (Phi) is 4.88. The summed E-state index contributed by atoms with van der Waals surface area (Å²) in [6.07, 6.45) is 17.1. The van der Waals surface area contributed by atoms with Crippen LogP contribution >= 0.6 is 12.6 Å². The number of allylic oxidation sites excluding steroid dienone is 9. The molecule has 1 unspecified atom stereocenters. The van der Waals surface area contributed by atoms with Gasteiger partial charge in [-0.05, 0) is 51.8 Å². The van der Waals surface area contributed by atoms with Crippen LogP contribution < -0.4 is 10.4 Å². The zero-order valence-electron chi connectivity index (χ0n) is 13.5. The first kappa shape index (κ1) is 15.9. The van der Waals surface area contributed by atoms with E-state index in [0.717, 1.165) is 12.8 Å². The Bertz CT molecular complexity index is 859. The van der Waals surface area contributed by atoms with Gasteiger partial charge in [0.1, 0.15) is 0 Å². The maximum Gasteiger partial charge on any atom is 0.0199 e. The maximum absolute atomic E-state index is 4.67. The van der Waals surface area contributed by atoms with Gasteiger partial charge in [0.25, 0.3) is 0 Å². The van der Waals surface area contributed by atoms with Crippen molar-refractivity contribution < 1.29 is 0 Å². The average Bonchev–Trinajstić information content (AvgIpc) is 2.61. The van der Waals surface area contributed by atoms with Gasteiger partial charge in [0.2, 0.25) is 0 Å². The smallest absolute Gasteiger partial charge is 0.0199 e. The van der Waals surface area contributed by atoms with Crippen LogP contribution in [0.2, 0.25) is 0 Å². The lowest BCUT2D eigenvalue weighted by Gasteiger charge is -2.18. The van der Waals surface area contributed by atoms with Crippen molar-refractivity contribution in [3.63, 3.8) is 0 Å². The van der Waals surface area contributed by atoms with Crippen LogP contribution in [0.1, 0.15) is 19.8 Å². The minimum atomic E-state index is 0.293. The first-order valence-corrected chi connectivity index (χ1v) is 8.55. The van der Waals surface area contributed by atoms with Gasteiger partial charge in [0, 0.05) is 5.92 Å². The second-order valence-corrected chi connectivity index (χ2v) is 6.40. The summed E-state index contributed by atoms with van der Waals surface area (Å²) in [5.74, 6) is 0.293. The van der Waals surface area contributed by atoms with Crippen molar-refractivity contribution in [1.82, 2.24) is 0 Å². The molecule has 0 aromatic heterocycles. The molecule has 0 radical (unpaired) electrons. The second-order valence-electron chi connectivity index (χ2n) is 5.86. The fraction of sp³-hybridized carbons (Fsp3) is 0.182. The molecule has 116 valence electrons. The Balaban J connectivity index is 2.15. The lowest BCUT2D eigenvalue weighted by Crippen LogP contribution is -2.31. The van der Waals surface area contributed by atoms with Gasteiger partial charge >= 0.3 is 0 Å². The van der Waals surface area contributed by atoms with Crippen molar-refractivity contribution >= 4 is 23.1 Å². The minimum Gasteiger partial charge on any atom is -0.147 e. The Labute approximate surface area is 144 Å². The predicted molar refractivity (Wildman–Crippen MR) is 105 cm³/mol. The number of thiol groups is 1. The fourth-order valence-corrected chi connectivity index (χ4v) is 3.57. The number of fused-ring (bicyclic) bond motifs is 1. The van der Waals surface area contributed by atoms with Crippen LogP contribution in [-0.2, 0) is 0 Å². The van der Waals surface area contributed by atoms with E-state index in [-0.39, 0.29) is 0 Å². The highest BCUT2D eigenvalue weighted by molar-refractivity contribution is 7.90. The third-order valence-corrected chi connectivity index (χ3v) is 4.98. The molecule has 0 N–H and O–H groups in total. The SMILES string of the molecule is C=CC1C=CC=C/C1=C/C(=C\C)C1=c2ccccc2=C(S)CC1. The molecule has 1 atom stereocenters. The zero-order chi connectivity index (χ0) is 16.2. The topological polar surface area (TPSA) is 0 Å². The highest BCUT2D eigenvalue weighted by Crippen LogP contribution is 2.28. The molecule has 1 aromatic carbocycles. The molecule has 2 aliphatic rings. The molecule has 0 aliphatic heterocycles. The van der Waals surface area contributed by atoms with Gasteiger partial charge in [-0.25, -0.2) is 0 Å². The van der Waals surface area contributed by atoms with Crippen molar-refractivity contribution in [2.45, 2.75) is 19.8 Å². The van der Waals surface area contributed by atoms with Gasteiger partial charge in [-0.1, -0.05) is 66.8 Å². The van der Waals surface area contributed by atoms with Gasteiger partial charge in [-0.2, -0.15) is 0 Å². The van der Waals surface area contributed by atoms with E-state index in [1.165, 1.54) is 32.1 Å². The summed E-state index contributed by atoms with van der Waals surface area (Å²) in [6.45, 7) is 6.08. The Morgan fingerprint density at radius 3 is 2.70 bits per heavy atom. The van der Waals surface area contributed by atoms with Gasteiger partial charge < -0.3 is 0 Å². The highest BCUT2D eigenvalue weighted by Gasteiger charge is 2.13. The van der Waals surface area contributed by atoms with E-state index in [4.69, 9.17) is 0 Å². The van der Waals surface area contributed by atoms with Gasteiger partial charge in [-0.15, -0.1) is 19.2 Å². The molecular weight excluding hydrogens is 296 g/mol. The molecule has 23 heavy (non-hydrogen) atoms. The van der Waals surface area contributed by atoms with E-state index in [2.05, 4.69) is 86.9 Å². The number of hydrogen-bond donors (Lipinski definition) is 1. The monoisotopic (exact) mass is 318 g/mol. The standard InChI is InChI=1S/C22H22S/c1-3-16-9-5-6-10-18(16)15-17(4-2)19-13-14-22(23)21-12-8-7-11-20(19)21/h3-12,15-16,23H,1,13-14H2,2H3/b17-4+,18-15-. The van der Waals surface area contributed by atoms with E-state index < -0.39 is 0 Å². The number of benzene rings is 1. The molecule has 1 heteroatoms. The quantitative estimate of drug-likeness (QED) is 0.617. The van der Waals surface area contributed by atoms with Crippen LogP contribution in [0.15, 0.2) is 84.5 Å². The third kappa shape index (κ3) is 3.20. The zero-order valence-corrected chi connectivity index (χ0v) is 14.4. The molecule has 3 rings (SSSR count). The molecule has 0 nitrogen and oxygen atoms in total. The van der Waals surface area contributed by atoms with Gasteiger partial charge in [0.05, 0.1) is 0 Å². The molecule has 0 fully saturated rings. The van der Waals surface area contributed by atoms with Crippen molar-refractivity contribution in [2.24, 2.45) is 5.92 Å². The van der Waals surface area contributed by atoms with Crippen molar-refractivity contribution in [1.29, 1.82) is 0 Å². The van der Waals surface area contributed by atoms with E-state index in [9.17, 15) is 0 Å². The normalized spacial score (nSPS) is 22.4. The number of hydrogen-bond acceptors (Lipinski definition) is 1. The average molecular weight is 318 g/mol. The fourth-order valence-electron chi connectivity index (χ4n) is 3.27.